The van der Waals surface area contributed by atoms with Crippen LogP contribution in [0.25, 0.3) is 11.1 Å². The van der Waals surface area contributed by atoms with Crippen LogP contribution in [0.3, 0.4) is 0 Å². The highest BCUT2D eigenvalue weighted by atomic mass is 16.6. The number of hydrogen-bond acceptors (Lipinski definition) is 3. The van der Waals surface area contributed by atoms with Crippen molar-refractivity contribution in [1.29, 1.82) is 0 Å². The van der Waals surface area contributed by atoms with Crippen molar-refractivity contribution in [3.05, 3.63) is 48.8 Å². The van der Waals surface area contributed by atoms with Crippen LogP contribution in [0.1, 0.15) is 0 Å². The highest BCUT2D eigenvalue weighted by Gasteiger charge is 2.22. The normalized spacial score (nSPS) is 17.8. The summed E-state index contributed by atoms with van der Waals surface area (Å²) < 4.78 is 10.7. The Morgan fingerprint density at radius 1 is 1.06 bits per heavy atom. The first-order valence-corrected chi connectivity index (χ1v) is 5.67. The number of nitrogens with zero attached hydrogens (tertiary/aromatic N) is 1. The van der Waals surface area contributed by atoms with E-state index in [1.54, 1.807) is 12.4 Å². The van der Waals surface area contributed by atoms with Crippen molar-refractivity contribution in [2.75, 3.05) is 13.2 Å². The predicted octanol–water partition coefficient (Wildman–Crippen LogP) is 2.53. The second-order valence-electron chi connectivity index (χ2n) is 4.03. The van der Waals surface area contributed by atoms with Crippen LogP contribution in [-0.4, -0.2) is 24.3 Å². The molecule has 0 radical (unpaired) electrons. The van der Waals surface area contributed by atoms with Gasteiger partial charge in [0, 0.05) is 12.4 Å². The maximum atomic E-state index is 5.58. The Labute approximate surface area is 100 Å². The minimum atomic E-state index is 0.301. The van der Waals surface area contributed by atoms with Crippen LogP contribution in [0.4, 0.5) is 0 Å². The lowest BCUT2D eigenvalue weighted by Gasteiger charge is -2.05. The van der Waals surface area contributed by atoms with Crippen LogP contribution in [0.2, 0.25) is 0 Å². The summed E-state index contributed by atoms with van der Waals surface area (Å²) in [6, 6.07) is 12.1. The molecule has 0 amide bonds. The van der Waals surface area contributed by atoms with Gasteiger partial charge in [0.05, 0.1) is 6.61 Å². The molecule has 17 heavy (non-hydrogen) atoms. The molecule has 0 bridgehead atoms. The van der Waals surface area contributed by atoms with E-state index in [1.165, 1.54) is 5.56 Å². The van der Waals surface area contributed by atoms with Gasteiger partial charge in [-0.15, -0.1) is 0 Å². The third-order valence-corrected chi connectivity index (χ3v) is 2.71. The van der Waals surface area contributed by atoms with Crippen LogP contribution in [0.5, 0.6) is 5.75 Å². The average Bonchev–Trinajstić information content (AvgIpc) is 3.22. The van der Waals surface area contributed by atoms with E-state index in [1.807, 2.05) is 24.3 Å². The lowest BCUT2D eigenvalue weighted by molar-refractivity contribution is 0.263. The van der Waals surface area contributed by atoms with Crippen LogP contribution in [-0.2, 0) is 4.74 Å². The molecule has 0 saturated carbocycles. The van der Waals surface area contributed by atoms with Crippen molar-refractivity contribution in [2.24, 2.45) is 0 Å². The predicted molar refractivity (Wildman–Crippen MR) is 64.9 cm³/mol. The van der Waals surface area contributed by atoms with Gasteiger partial charge < -0.3 is 9.47 Å². The molecular weight excluding hydrogens is 214 g/mol. The molecule has 2 aromatic rings. The molecule has 1 aromatic heterocycles. The van der Waals surface area contributed by atoms with Crippen molar-refractivity contribution in [3.63, 3.8) is 0 Å². The summed E-state index contributed by atoms with van der Waals surface area (Å²) in [7, 11) is 0. The highest BCUT2D eigenvalue weighted by molar-refractivity contribution is 5.63. The number of benzene rings is 1. The quantitative estimate of drug-likeness (QED) is 0.753. The molecule has 1 aromatic carbocycles. The fourth-order valence-corrected chi connectivity index (χ4v) is 1.64. The van der Waals surface area contributed by atoms with Gasteiger partial charge in [-0.05, 0) is 35.4 Å². The minimum absolute atomic E-state index is 0.301. The molecule has 3 heteroatoms. The highest BCUT2D eigenvalue weighted by Crippen LogP contribution is 2.22. The molecule has 0 aliphatic carbocycles. The first kappa shape index (κ1) is 10.3. The Morgan fingerprint density at radius 2 is 1.71 bits per heavy atom. The number of aromatic nitrogens is 1. The van der Waals surface area contributed by atoms with E-state index >= 15 is 0 Å². The second kappa shape index (κ2) is 4.55. The Bertz CT molecular complexity index is 477. The minimum Gasteiger partial charge on any atom is -0.491 e. The van der Waals surface area contributed by atoms with Crippen molar-refractivity contribution < 1.29 is 9.47 Å². The molecule has 1 aliphatic rings. The van der Waals surface area contributed by atoms with Gasteiger partial charge in [-0.2, -0.15) is 0 Å². The standard InChI is InChI=1S/C14H13NO2/c1-3-13(16-9-14-10-17-14)4-2-11(1)12-5-7-15-8-6-12/h1-8,14H,9-10H2. The van der Waals surface area contributed by atoms with E-state index < -0.39 is 0 Å². The monoisotopic (exact) mass is 227 g/mol. The molecule has 0 N–H and O–H groups in total. The molecule has 1 atom stereocenters. The molecule has 1 unspecified atom stereocenters. The van der Waals surface area contributed by atoms with Crippen molar-refractivity contribution in [2.45, 2.75) is 6.10 Å². The zero-order valence-electron chi connectivity index (χ0n) is 9.37. The van der Waals surface area contributed by atoms with Crippen molar-refractivity contribution in [1.82, 2.24) is 4.98 Å². The summed E-state index contributed by atoms with van der Waals surface area (Å²) in [5.41, 5.74) is 2.33. The summed E-state index contributed by atoms with van der Waals surface area (Å²) >= 11 is 0. The van der Waals surface area contributed by atoms with Gasteiger partial charge in [0.25, 0.3) is 0 Å². The van der Waals surface area contributed by atoms with E-state index in [9.17, 15) is 0 Å². The summed E-state index contributed by atoms with van der Waals surface area (Å²) in [5, 5.41) is 0. The van der Waals surface area contributed by atoms with Crippen LogP contribution in [0.15, 0.2) is 48.8 Å². The third kappa shape index (κ3) is 2.63. The van der Waals surface area contributed by atoms with Crippen LogP contribution >= 0.6 is 0 Å². The maximum Gasteiger partial charge on any atom is 0.119 e. The summed E-state index contributed by atoms with van der Waals surface area (Å²) in [4.78, 5) is 4.01. The van der Waals surface area contributed by atoms with Gasteiger partial charge >= 0.3 is 0 Å². The molecule has 86 valence electrons. The van der Waals surface area contributed by atoms with Gasteiger partial charge in [-0.3, -0.25) is 4.98 Å². The summed E-state index contributed by atoms with van der Waals surface area (Å²) in [5.74, 6) is 0.887. The van der Waals surface area contributed by atoms with E-state index in [0.29, 0.717) is 12.7 Å². The smallest absolute Gasteiger partial charge is 0.119 e. The van der Waals surface area contributed by atoms with E-state index in [4.69, 9.17) is 9.47 Å². The first-order valence-electron chi connectivity index (χ1n) is 5.67. The largest absolute Gasteiger partial charge is 0.491 e. The Balaban J connectivity index is 1.70. The molecule has 1 aliphatic heterocycles. The molecule has 1 fully saturated rings. The van der Waals surface area contributed by atoms with Gasteiger partial charge in [0.2, 0.25) is 0 Å². The zero-order valence-corrected chi connectivity index (χ0v) is 9.37. The molecule has 3 nitrogen and oxygen atoms in total. The zero-order chi connectivity index (χ0) is 11.5. The molecule has 0 spiro atoms. The van der Waals surface area contributed by atoms with Gasteiger partial charge in [-0.25, -0.2) is 0 Å². The number of rotatable bonds is 4. The Hall–Kier alpha value is -1.87. The number of pyridine rings is 1. The SMILES string of the molecule is c1cc(-c2ccc(OCC3CO3)cc2)ccn1. The molecule has 1 saturated heterocycles. The fraction of sp³-hybridized carbons (Fsp3) is 0.214. The lowest BCUT2D eigenvalue weighted by Crippen LogP contribution is -2.03. The number of ether oxygens (including phenoxy) is 2. The fourth-order valence-electron chi connectivity index (χ4n) is 1.64. The number of epoxide rings is 1. The Kier molecular flexibility index (Phi) is 2.76. The van der Waals surface area contributed by atoms with Gasteiger partial charge in [-0.1, -0.05) is 12.1 Å². The summed E-state index contributed by atoms with van der Waals surface area (Å²) in [6.07, 6.45) is 3.89. The third-order valence-electron chi connectivity index (χ3n) is 2.71. The molecule has 3 rings (SSSR count). The van der Waals surface area contributed by atoms with E-state index in [0.717, 1.165) is 17.9 Å². The Morgan fingerprint density at radius 3 is 2.35 bits per heavy atom. The van der Waals surface area contributed by atoms with Crippen LogP contribution in [0, 0.1) is 0 Å². The maximum absolute atomic E-state index is 5.58. The first-order chi connectivity index (χ1) is 8.42. The second-order valence-corrected chi connectivity index (χ2v) is 4.03. The van der Waals surface area contributed by atoms with Crippen LogP contribution < -0.4 is 4.74 Å². The topological polar surface area (TPSA) is 34.6 Å². The summed E-state index contributed by atoms with van der Waals surface area (Å²) in [6.45, 7) is 1.48. The van der Waals surface area contributed by atoms with E-state index in [-0.39, 0.29) is 0 Å². The van der Waals surface area contributed by atoms with Crippen molar-refractivity contribution >= 4 is 0 Å². The number of hydrogen-bond donors (Lipinski definition) is 0. The average molecular weight is 227 g/mol. The van der Waals surface area contributed by atoms with Gasteiger partial charge in [0.15, 0.2) is 0 Å². The van der Waals surface area contributed by atoms with Gasteiger partial charge in [0.1, 0.15) is 18.5 Å². The molecular formula is C14H13NO2. The van der Waals surface area contributed by atoms with Crippen molar-refractivity contribution in [3.8, 4) is 16.9 Å². The lowest BCUT2D eigenvalue weighted by atomic mass is 10.1. The van der Waals surface area contributed by atoms with E-state index in [2.05, 4.69) is 17.1 Å². The molecule has 2 heterocycles.